The fourth-order valence-electron chi connectivity index (χ4n) is 3.95. The van der Waals surface area contributed by atoms with E-state index >= 15 is 0 Å². The maximum absolute atomic E-state index is 12.5. The predicted molar refractivity (Wildman–Crippen MR) is 150 cm³/mol. The lowest BCUT2D eigenvalue weighted by Crippen LogP contribution is -2.46. The number of rotatable bonds is 15. The second kappa shape index (κ2) is 19.0. The van der Waals surface area contributed by atoms with Gasteiger partial charge >= 0.3 is 0 Å². The molecular formula is C31H43N3O2. The maximum atomic E-state index is 12.5. The van der Waals surface area contributed by atoms with Crippen molar-refractivity contribution in [3.63, 3.8) is 0 Å². The number of pyridine rings is 1. The summed E-state index contributed by atoms with van der Waals surface area (Å²) in [6.07, 6.45) is 34.1. The summed E-state index contributed by atoms with van der Waals surface area (Å²) in [7, 11) is 0. The standard InChI is InChI=1S/C31H43N3O2/c1-2-3-4-5-6-7-8-9-10-11-12-13-14-15-16-17-18-21-30(35)33-29-22-25-34(26-23-29)31(36)28-20-19-24-32-27-28/h3-4,6-7,9-10,12-13,15-16,19-20,24,27,29H,2,5,8,11,14,17-18,21-23,25-26H2,1H3,(H,33,35). The molecule has 36 heavy (non-hydrogen) atoms. The van der Waals surface area contributed by atoms with Gasteiger partial charge in [0.1, 0.15) is 0 Å². The summed E-state index contributed by atoms with van der Waals surface area (Å²) in [5.41, 5.74) is 0.620. The summed E-state index contributed by atoms with van der Waals surface area (Å²) in [6, 6.07) is 3.73. The minimum Gasteiger partial charge on any atom is -0.353 e. The van der Waals surface area contributed by atoms with Crippen LogP contribution in [0.1, 0.15) is 81.5 Å². The number of nitrogens with zero attached hydrogens (tertiary/aromatic N) is 2. The molecule has 5 heteroatoms. The molecule has 2 rings (SSSR count). The van der Waals surface area contributed by atoms with E-state index in [1.54, 1.807) is 24.5 Å². The van der Waals surface area contributed by atoms with E-state index in [1.165, 1.54) is 0 Å². The number of nitrogens with one attached hydrogen (secondary N) is 1. The van der Waals surface area contributed by atoms with Gasteiger partial charge in [0, 0.05) is 37.9 Å². The van der Waals surface area contributed by atoms with Gasteiger partial charge in [0.25, 0.3) is 5.91 Å². The van der Waals surface area contributed by atoms with E-state index in [9.17, 15) is 9.59 Å². The van der Waals surface area contributed by atoms with Crippen molar-refractivity contribution in [1.29, 1.82) is 0 Å². The Morgan fingerprint density at radius 1 is 0.917 bits per heavy atom. The number of amides is 2. The highest BCUT2D eigenvalue weighted by Crippen LogP contribution is 2.14. The SMILES string of the molecule is CCC=CCC=CCC=CCC=CCC=CCCCC(=O)NC1CCN(C(=O)c2cccnc2)CC1. The van der Waals surface area contributed by atoms with Crippen LogP contribution in [0.3, 0.4) is 0 Å². The van der Waals surface area contributed by atoms with Crippen molar-refractivity contribution in [2.45, 2.75) is 77.2 Å². The molecule has 0 atom stereocenters. The number of allylic oxidation sites excluding steroid dienone is 10. The number of piperidine rings is 1. The van der Waals surface area contributed by atoms with Crippen molar-refractivity contribution in [3.8, 4) is 0 Å². The highest BCUT2D eigenvalue weighted by molar-refractivity contribution is 5.93. The van der Waals surface area contributed by atoms with Crippen molar-refractivity contribution >= 4 is 11.8 Å². The Morgan fingerprint density at radius 2 is 1.50 bits per heavy atom. The van der Waals surface area contributed by atoms with Gasteiger partial charge in [0.2, 0.25) is 5.91 Å². The molecule has 0 radical (unpaired) electrons. The first kappa shape index (κ1) is 29.0. The Balaban J connectivity index is 1.46. The molecule has 1 aromatic rings. The monoisotopic (exact) mass is 489 g/mol. The van der Waals surface area contributed by atoms with Gasteiger partial charge in [-0.25, -0.2) is 0 Å². The predicted octanol–water partition coefficient (Wildman–Crippen LogP) is 6.72. The highest BCUT2D eigenvalue weighted by Gasteiger charge is 2.24. The Bertz CT molecular complexity index is 892. The van der Waals surface area contributed by atoms with Crippen molar-refractivity contribution < 1.29 is 9.59 Å². The van der Waals surface area contributed by atoms with Crippen molar-refractivity contribution in [2.24, 2.45) is 0 Å². The fourth-order valence-corrected chi connectivity index (χ4v) is 3.95. The summed E-state index contributed by atoms with van der Waals surface area (Å²) >= 11 is 0. The quantitative estimate of drug-likeness (QED) is 0.220. The lowest BCUT2D eigenvalue weighted by molar-refractivity contribution is -0.122. The normalized spacial score (nSPS) is 15.3. The lowest BCUT2D eigenvalue weighted by Gasteiger charge is -2.32. The summed E-state index contributed by atoms with van der Waals surface area (Å²) < 4.78 is 0. The molecule has 0 aliphatic carbocycles. The van der Waals surface area contributed by atoms with Crippen molar-refractivity contribution in [3.05, 3.63) is 90.9 Å². The molecule has 0 aromatic carbocycles. The first-order valence-corrected chi connectivity index (χ1v) is 13.4. The molecule has 0 unspecified atom stereocenters. The highest BCUT2D eigenvalue weighted by atomic mass is 16.2. The molecule has 1 aliphatic rings. The van der Waals surface area contributed by atoms with Crippen LogP contribution in [0.4, 0.5) is 0 Å². The van der Waals surface area contributed by atoms with E-state index < -0.39 is 0 Å². The van der Waals surface area contributed by atoms with Crippen molar-refractivity contribution in [1.82, 2.24) is 15.2 Å². The summed E-state index contributed by atoms with van der Waals surface area (Å²) in [4.78, 5) is 30.6. The van der Waals surface area contributed by atoms with Crippen LogP contribution in [0.5, 0.6) is 0 Å². The average molecular weight is 490 g/mol. The van der Waals surface area contributed by atoms with Gasteiger partial charge in [-0.15, -0.1) is 0 Å². The second-order valence-corrected chi connectivity index (χ2v) is 8.98. The van der Waals surface area contributed by atoms with E-state index in [0.29, 0.717) is 25.1 Å². The number of unbranched alkanes of at least 4 members (excludes halogenated alkanes) is 1. The molecule has 1 saturated heterocycles. The smallest absolute Gasteiger partial charge is 0.255 e. The van der Waals surface area contributed by atoms with E-state index in [2.05, 4.69) is 78.0 Å². The van der Waals surface area contributed by atoms with Crippen LogP contribution in [-0.4, -0.2) is 40.8 Å². The van der Waals surface area contributed by atoms with Crippen LogP contribution in [0.25, 0.3) is 0 Å². The molecular weight excluding hydrogens is 446 g/mol. The minimum absolute atomic E-state index is 0.0185. The van der Waals surface area contributed by atoms with E-state index in [-0.39, 0.29) is 17.9 Å². The Hall–Kier alpha value is -3.21. The van der Waals surface area contributed by atoms with Crippen LogP contribution < -0.4 is 5.32 Å². The zero-order valence-electron chi connectivity index (χ0n) is 21.9. The molecule has 1 fully saturated rings. The summed E-state index contributed by atoms with van der Waals surface area (Å²) in [5, 5.41) is 3.13. The van der Waals surface area contributed by atoms with Gasteiger partial charge in [-0.3, -0.25) is 14.6 Å². The molecule has 0 saturated carbocycles. The number of carbonyl (C=O) groups excluding carboxylic acids is 2. The van der Waals surface area contributed by atoms with E-state index in [0.717, 1.165) is 57.8 Å². The van der Waals surface area contributed by atoms with Gasteiger partial charge in [-0.05, 0) is 69.9 Å². The Morgan fingerprint density at radius 3 is 2.06 bits per heavy atom. The van der Waals surface area contributed by atoms with Crippen LogP contribution in [0.15, 0.2) is 85.3 Å². The number of carbonyl (C=O) groups is 2. The molecule has 1 aliphatic heterocycles. The van der Waals surface area contributed by atoms with Gasteiger partial charge in [0.05, 0.1) is 5.56 Å². The molecule has 194 valence electrons. The fraction of sp³-hybridized carbons (Fsp3) is 0.452. The molecule has 1 N–H and O–H groups in total. The van der Waals surface area contributed by atoms with Gasteiger partial charge in [0.15, 0.2) is 0 Å². The summed E-state index contributed by atoms with van der Waals surface area (Å²) in [6.45, 7) is 3.48. The van der Waals surface area contributed by atoms with Crippen LogP contribution in [0, 0.1) is 0 Å². The van der Waals surface area contributed by atoms with E-state index in [4.69, 9.17) is 0 Å². The molecule has 5 nitrogen and oxygen atoms in total. The number of likely N-dealkylation sites (tertiary alicyclic amines) is 1. The van der Waals surface area contributed by atoms with Crippen LogP contribution in [-0.2, 0) is 4.79 Å². The van der Waals surface area contributed by atoms with Crippen molar-refractivity contribution in [2.75, 3.05) is 13.1 Å². The lowest BCUT2D eigenvalue weighted by atomic mass is 10.0. The zero-order chi connectivity index (χ0) is 25.7. The third-order valence-corrected chi connectivity index (χ3v) is 5.99. The van der Waals surface area contributed by atoms with E-state index in [1.807, 2.05) is 4.90 Å². The largest absolute Gasteiger partial charge is 0.353 e. The number of hydrogen-bond donors (Lipinski definition) is 1. The first-order valence-electron chi connectivity index (χ1n) is 13.4. The van der Waals surface area contributed by atoms with Gasteiger partial charge in [-0.2, -0.15) is 0 Å². The molecule has 2 heterocycles. The van der Waals surface area contributed by atoms with Crippen LogP contribution >= 0.6 is 0 Å². The maximum Gasteiger partial charge on any atom is 0.255 e. The first-order chi connectivity index (χ1) is 17.7. The number of hydrogen-bond acceptors (Lipinski definition) is 3. The molecule has 0 bridgehead atoms. The Labute approximate surface area is 217 Å². The number of aromatic nitrogens is 1. The zero-order valence-corrected chi connectivity index (χ0v) is 21.9. The molecule has 0 spiro atoms. The van der Waals surface area contributed by atoms with Gasteiger partial charge < -0.3 is 10.2 Å². The molecule has 2 amide bonds. The third-order valence-electron chi connectivity index (χ3n) is 5.99. The average Bonchev–Trinajstić information content (AvgIpc) is 2.91. The second-order valence-electron chi connectivity index (χ2n) is 8.98. The topological polar surface area (TPSA) is 62.3 Å². The summed E-state index contributed by atoms with van der Waals surface area (Å²) in [5.74, 6) is 0.129. The molecule has 1 aromatic heterocycles. The third kappa shape index (κ3) is 13.0. The Kier molecular flexibility index (Phi) is 15.3. The minimum atomic E-state index is 0.0185. The van der Waals surface area contributed by atoms with Crippen LogP contribution in [0.2, 0.25) is 0 Å². The van der Waals surface area contributed by atoms with Gasteiger partial charge in [-0.1, -0.05) is 67.7 Å².